The summed E-state index contributed by atoms with van der Waals surface area (Å²) in [6.07, 6.45) is 10.1. The third-order valence-electron chi connectivity index (χ3n) is 1.94. The number of hydrogen-bond donors (Lipinski definition) is 4. The Morgan fingerprint density at radius 2 is 1.10 bits per heavy atom. The van der Waals surface area contributed by atoms with Crippen molar-refractivity contribution < 1.29 is 123 Å². The average molecular weight is 994 g/mol. The summed E-state index contributed by atoms with van der Waals surface area (Å²) in [5, 5.41) is 54.7. The van der Waals surface area contributed by atoms with Crippen molar-refractivity contribution in [1.29, 1.82) is 0 Å². The molecule has 15 heteroatoms. The maximum absolute atomic E-state index is 10.1. The van der Waals surface area contributed by atoms with E-state index < -0.39 is 11.9 Å². The van der Waals surface area contributed by atoms with Gasteiger partial charge in [-0.3, -0.25) is 0 Å². The Morgan fingerprint density at radius 1 is 0.871 bits per heavy atom. The van der Waals surface area contributed by atoms with Crippen LogP contribution in [0.1, 0.15) is 13.8 Å². The van der Waals surface area contributed by atoms with Gasteiger partial charge in [0.15, 0.2) is 24.3 Å². The summed E-state index contributed by atoms with van der Waals surface area (Å²) in [4.78, 5) is 17.2. The minimum absolute atomic E-state index is 0. The molecule has 0 amide bonds. The Kier molecular flexibility index (Phi) is 29.3. The molecule has 0 aliphatic heterocycles. The predicted molar refractivity (Wildman–Crippen MR) is 89.4 cm³/mol. The van der Waals surface area contributed by atoms with Gasteiger partial charge in [-0.15, -0.1) is 0 Å². The van der Waals surface area contributed by atoms with Crippen LogP contribution in [0.5, 0.6) is 0 Å². The van der Waals surface area contributed by atoms with Crippen LogP contribution in [0.25, 0.3) is 0 Å². The van der Waals surface area contributed by atoms with E-state index in [9.17, 15) is 10.4 Å². The third-order valence-corrected chi connectivity index (χ3v) is 1.94. The third kappa shape index (κ3) is 28.2. The Balaban J connectivity index is -0.000000102. The molecule has 0 saturated carbocycles. The van der Waals surface area contributed by atoms with Crippen LogP contribution in [0, 0.1) is 22.6 Å². The van der Waals surface area contributed by atoms with Gasteiger partial charge in [-0.1, -0.05) is 0 Å². The van der Waals surface area contributed by atoms with Crippen molar-refractivity contribution in [3.63, 3.8) is 0 Å². The second-order valence-electron chi connectivity index (χ2n) is 4.36. The first kappa shape index (κ1) is 39.7. The smallest absolute Gasteiger partial charge is 0.550 e. The van der Waals surface area contributed by atoms with Crippen LogP contribution in [-0.2, 0) is 92.6 Å². The molecule has 0 heterocycles. The summed E-state index contributed by atoms with van der Waals surface area (Å²) in [5.74, 6) is -2.17. The van der Waals surface area contributed by atoms with Crippen LogP contribution >= 0.6 is 0 Å². The first-order valence-corrected chi connectivity index (χ1v) is 6.92. The molecule has 0 atom stereocenters. The van der Waals surface area contributed by atoms with E-state index in [0.29, 0.717) is 11.4 Å². The molecule has 0 aromatic heterocycles. The van der Waals surface area contributed by atoms with Gasteiger partial charge in [-0.2, -0.15) is 0 Å². The second kappa shape index (κ2) is 22.9. The number of nitrogens with zero attached hydrogens (tertiary/aromatic N) is 2. The molecule has 2 aliphatic carbocycles. The van der Waals surface area contributed by atoms with Crippen LogP contribution in [-0.4, -0.2) is 43.6 Å². The number of nitrogens with two attached hydrogens (primary N) is 2. The summed E-state index contributed by atoms with van der Waals surface area (Å²) in [7, 11) is 0. The van der Waals surface area contributed by atoms with Crippen molar-refractivity contribution in [1.82, 2.24) is 0 Å². The van der Waals surface area contributed by atoms with E-state index in [1.165, 1.54) is 24.3 Å². The van der Waals surface area contributed by atoms with Crippen LogP contribution in [0.2, 0.25) is 0 Å². The van der Waals surface area contributed by atoms with E-state index in [2.05, 4.69) is 23.6 Å². The van der Waals surface area contributed by atoms with Gasteiger partial charge in [-0.05, 0) is 13.8 Å². The summed E-state index contributed by atoms with van der Waals surface area (Å²) >= 11 is 0. The zero-order valence-electron chi connectivity index (χ0n) is 16.8. The summed E-state index contributed by atoms with van der Waals surface area (Å²) < 4.78 is 0. The van der Waals surface area contributed by atoms with E-state index >= 15 is 0 Å². The molecule has 0 fully saturated rings. The molecule has 0 aromatic carbocycles. The quantitative estimate of drug-likeness (QED) is 0.0478. The van der Waals surface area contributed by atoms with E-state index in [1.807, 2.05) is 0 Å². The number of carboxylic acid groups (broad SMARTS) is 2. The minimum Gasteiger partial charge on any atom is -0.550 e. The van der Waals surface area contributed by atoms with Gasteiger partial charge < -0.3 is 41.7 Å². The maximum atomic E-state index is 10.1. The van der Waals surface area contributed by atoms with Gasteiger partial charge in [0.25, 0.3) is 11.4 Å². The molecule has 12 nitrogen and oxygen atoms in total. The first-order valence-electron chi connectivity index (χ1n) is 6.92. The van der Waals surface area contributed by atoms with Gasteiger partial charge in [0.05, 0.1) is 23.6 Å². The fourth-order valence-corrected chi connectivity index (χ4v) is 0.994. The van der Waals surface area contributed by atoms with Crippen LogP contribution in [0.15, 0.2) is 47.2 Å². The zero-order valence-corrected chi connectivity index (χ0v) is 33.3. The maximum Gasteiger partial charge on any atom is 1.00 e. The minimum atomic E-state index is -1.08. The van der Waals surface area contributed by atoms with E-state index in [-0.39, 0.29) is 104 Å². The molecule has 2 rings (SSSR count). The number of allylic oxidation sites excluding steroid dienone is 4. The van der Waals surface area contributed by atoms with E-state index in [1.54, 1.807) is 0 Å². The fraction of sp³-hybridized carbons (Fsp3) is 0.125. The zero-order chi connectivity index (χ0) is 22.3. The molecule has 31 heavy (non-hydrogen) atoms. The number of carboxylic acids is 2. The molecular formula is C16H16Hg3N4O8+2. The molecule has 0 aromatic rings. The Bertz CT molecular complexity index is 765. The van der Waals surface area contributed by atoms with Crippen molar-refractivity contribution in [2.45, 2.75) is 13.8 Å². The van der Waals surface area contributed by atoms with Gasteiger partial charge in [0.1, 0.15) is 9.80 Å². The number of aliphatic carboxylic acids is 2. The molecule has 0 bridgehead atoms. The first-order chi connectivity index (χ1) is 12.9. The van der Waals surface area contributed by atoms with Gasteiger partial charge in [-0.25, -0.2) is 10.4 Å². The molecule has 152 valence electrons. The molecule has 0 unspecified atom stereocenters. The standard InChI is InChI=1S/2C6H5N2O2.2C2H4O2.3Hg/c2*7-5-1-3-6(4-2-5)8(9)10;2*1-2(3)4;;;/h2*3-4H,7H2,(H,9,10);2*1H3,(H,3,4);;;/q2*+1;;;;2*+1/p-2. The van der Waals surface area contributed by atoms with Crippen LogP contribution in [0.4, 0.5) is 0 Å². The topological polar surface area (TPSA) is 225 Å². The Morgan fingerprint density at radius 3 is 1.23 bits per heavy atom. The van der Waals surface area contributed by atoms with Crippen LogP contribution < -0.4 is 21.7 Å². The molecule has 0 spiro atoms. The molecule has 2 aliphatic rings. The molecule has 2 radical (unpaired) electrons. The van der Waals surface area contributed by atoms with Crippen molar-refractivity contribution >= 4 is 23.4 Å². The largest absolute Gasteiger partial charge is 1.00 e. The number of hydrogen-bond acceptors (Lipinski definition) is 10. The fourth-order valence-electron chi connectivity index (χ4n) is 0.994. The average Bonchev–Trinajstić information content (AvgIpc) is 2.55. The van der Waals surface area contributed by atoms with Crippen molar-refractivity contribution in [2.75, 3.05) is 0 Å². The second-order valence-corrected chi connectivity index (χ2v) is 4.36. The van der Waals surface area contributed by atoms with E-state index in [0.717, 1.165) is 13.8 Å². The predicted octanol–water partition coefficient (Wildman–Crippen LogP) is -3.10. The monoisotopic (exact) mass is 998 g/mol. The van der Waals surface area contributed by atoms with Crippen molar-refractivity contribution in [2.24, 2.45) is 11.5 Å². The summed E-state index contributed by atoms with van der Waals surface area (Å²) in [6.45, 7) is 1.94. The van der Waals surface area contributed by atoms with Gasteiger partial charge in [0.2, 0.25) is 0 Å². The normalized spacial score (nSPS) is 14.4. The van der Waals surface area contributed by atoms with Crippen LogP contribution in [0.3, 0.4) is 0 Å². The number of carbonyl (C=O) groups is 2. The Hall–Kier alpha value is -1.77. The van der Waals surface area contributed by atoms with Crippen molar-refractivity contribution in [3.8, 4) is 0 Å². The number of carbonyl (C=O) groups excluding carboxylic acids is 2. The SMILES string of the molecule is CC(=O)[O-].CC(=O)[O-].NC1=C=CC(=[N+]([O-])O)C=[C+]1.NC1=C=CC(=[N+]([O-])O)C=[C+]1.[Hg+].[Hg+].[Hg]. The summed E-state index contributed by atoms with van der Waals surface area (Å²) in [5.41, 5.74) is 16.2. The number of rotatable bonds is 0. The van der Waals surface area contributed by atoms with E-state index in [4.69, 9.17) is 41.7 Å². The molecule has 0 saturated heterocycles. The van der Waals surface area contributed by atoms with Gasteiger partial charge >= 0.3 is 66.8 Å². The Labute approximate surface area is 239 Å². The molecular weight excluding hydrogens is 978 g/mol. The summed E-state index contributed by atoms with van der Waals surface area (Å²) in [6, 6.07) is 0. The molecule has 6 N–H and O–H groups in total. The van der Waals surface area contributed by atoms with Gasteiger partial charge in [0, 0.05) is 39.6 Å². The van der Waals surface area contributed by atoms with Crippen molar-refractivity contribution in [3.05, 3.63) is 69.7 Å².